The minimum Gasteiger partial charge on any atom is -0.344 e. The number of ketones is 1. The van der Waals surface area contributed by atoms with Crippen molar-refractivity contribution in [1.82, 2.24) is 30.2 Å². The van der Waals surface area contributed by atoms with E-state index in [1.807, 2.05) is 27.8 Å². The van der Waals surface area contributed by atoms with E-state index in [-0.39, 0.29) is 53.9 Å². The van der Waals surface area contributed by atoms with E-state index in [2.05, 4.69) is 27.6 Å². The molecule has 3 amide bonds. The molecule has 0 radical (unpaired) electrons. The second kappa shape index (κ2) is 15.8. The lowest BCUT2D eigenvalue weighted by Crippen LogP contribution is -2.59. The number of nitrogens with zero attached hydrogens (tertiary/aromatic N) is 4. The first kappa shape index (κ1) is 35.3. The average molecular weight is 639 g/mol. The number of carbonyl (C=O) groups is 4. The Labute approximate surface area is 272 Å². The van der Waals surface area contributed by atoms with Gasteiger partial charge in [0.1, 0.15) is 17.6 Å². The maximum atomic E-state index is 15.7. The maximum absolute atomic E-state index is 15.7. The summed E-state index contributed by atoms with van der Waals surface area (Å²) in [5, 5.41) is 10.0. The number of hydrogen-bond acceptors (Lipinski definition) is 6. The molecule has 1 aliphatic carbocycles. The molecule has 10 nitrogen and oxygen atoms in total. The van der Waals surface area contributed by atoms with Crippen LogP contribution in [0.4, 0.5) is 4.39 Å². The lowest BCUT2D eigenvalue weighted by atomic mass is 9.77. The van der Waals surface area contributed by atoms with Crippen LogP contribution in [0.1, 0.15) is 94.3 Å². The maximum Gasteiger partial charge on any atom is 0.270 e. The molecule has 2 heterocycles. The molecule has 1 aromatic heterocycles. The van der Waals surface area contributed by atoms with Gasteiger partial charge in [0.2, 0.25) is 11.8 Å². The number of benzene rings is 1. The summed E-state index contributed by atoms with van der Waals surface area (Å²) in [6.07, 6.45) is 5.19. The highest BCUT2D eigenvalue weighted by molar-refractivity contribution is 5.97. The number of likely N-dealkylation sites (N-methyl/N-ethyl adjacent to an activating group) is 1. The molecule has 2 fully saturated rings. The minimum absolute atomic E-state index is 0.0204. The molecule has 46 heavy (non-hydrogen) atoms. The second-order valence-electron chi connectivity index (χ2n) is 13.3. The highest BCUT2D eigenvalue weighted by atomic mass is 19.1. The van der Waals surface area contributed by atoms with Crippen LogP contribution >= 0.6 is 0 Å². The van der Waals surface area contributed by atoms with Crippen molar-refractivity contribution in [2.45, 2.75) is 104 Å². The van der Waals surface area contributed by atoms with E-state index in [0.29, 0.717) is 30.3 Å². The van der Waals surface area contributed by atoms with Gasteiger partial charge in [0.25, 0.3) is 5.91 Å². The molecule has 2 N–H and O–H groups in total. The van der Waals surface area contributed by atoms with Crippen molar-refractivity contribution in [3.63, 3.8) is 0 Å². The Bertz CT molecular complexity index is 1390. The fourth-order valence-corrected chi connectivity index (χ4v) is 6.88. The quantitative estimate of drug-likeness (QED) is 0.364. The molecular weight excluding hydrogens is 587 g/mol. The molecule has 2 aliphatic rings. The SMILES string of the molecule is CCC(=O)N[C@@H](C(=O)N1CCN(C)C[C@@H]1C)[C@@H](C)c1ccc(CC(=O)[C@@H](NC(=O)c2ccnn2CC)C2CCC(C)CC2)c(F)c1. The summed E-state index contributed by atoms with van der Waals surface area (Å²) in [7, 11) is 2.01. The largest absolute Gasteiger partial charge is 0.344 e. The van der Waals surface area contributed by atoms with Crippen LogP contribution in [0.5, 0.6) is 0 Å². The number of hydrogen-bond donors (Lipinski definition) is 2. The number of nitrogens with one attached hydrogen (secondary N) is 2. The number of halogens is 1. The Balaban J connectivity index is 1.53. The molecule has 1 aromatic carbocycles. The molecule has 0 unspecified atom stereocenters. The number of aromatic nitrogens is 2. The van der Waals surface area contributed by atoms with Crippen LogP contribution in [0.2, 0.25) is 0 Å². The van der Waals surface area contributed by atoms with Crippen LogP contribution in [-0.4, -0.2) is 87.9 Å². The van der Waals surface area contributed by atoms with Gasteiger partial charge >= 0.3 is 0 Å². The van der Waals surface area contributed by atoms with Crippen LogP contribution in [-0.2, 0) is 27.3 Å². The summed E-state index contributed by atoms with van der Waals surface area (Å²) in [6.45, 7) is 12.2. The molecule has 2 aromatic rings. The summed E-state index contributed by atoms with van der Waals surface area (Å²) >= 11 is 0. The average Bonchev–Trinajstić information content (AvgIpc) is 3.52. The van der Waals surface area contributed by atoms with Crippen LogP contribution in [0.25, 0.3) is 0 Å². The lowest BCUT2D eigenvalue weighted by molar-refractivity contribution is -0.140. The Hall–Kier alpha value is -3.60. The Morgan fingerprint density at radius 3 is 2.37 bits per heavy atom. The van der Waals surface area contributed by atoms with E-state index in [9.17, 15) is 19.2 Å². The third-order valence-electron chi connectivity index (χ3n) is 9.90. The van der Waals surface area contributed by atoms with Crippen LogP contribution in [0.15, 0.2) is 30.5 Å². The van der Waals surface area contributed by atoms with Gasteiger partial charge in [-0.05, 0) is 68.8 Å². The standard InChI is InChI=1S/C35H51FN6O4/c1-7-31(44)38-32(35(46)41-18-17-40(6)21-23(41)4)24(5)26-13-14-27(28(36)19-26)20-30(43)33(25-11-9-22(3)10-12-25)39-34(45)29-15-16-37-42(29)8-2/h13-16,19,22-25,32-33H,7-12,17-18,20-21H2,1-6H3,(H,38,44)(H,39,45)/t22?,23-,24-,25?,32+,33-/m0/s1. The zero-order chi connectivity index (χ0) is 33.5. The summed E-state index contributed by atoms with van der Waals surface area (Å²) in [5.41, 5.74) is 1.18. The van der Waals surface area contributed by atoms with Crippen molar-refractivity contribution >= 4 is 23.5 Å². The molecule has 1 saturated heterocycles. The van der Waals surface area contributed by atoms with E-state index in [1.54, 1.807) is 40.9 Å². The summed E-state index contributed by atoms with van der Waals surface area (Å²) < 4.78 is 17.3. The zero-order valence-corrected chi connectivity index (χ0v) is 28.2. The Kier molecular flexibility index (Phi) is 12.1. The number of amides is 3. The van der Waals surface area contributed by atoms with Crippen molar-refractivity contribution < 1.29 is 23.6 Å². The highest BCUT2D eigenvalue weighted by Crippen LogP contribution is 2.32. The predicted octanol–water partition coefficient (Wildman–Crippen LogP) is 3.94. The van der Waals surface area contributed by atoms with Crippen molar-refractivity contribution in [2.75, 3.05) is 26.7 Å². The number of Topliss-reactive ketones (excluding diaryl/α,β-unsaturated/α-hetero) is 1. The Morgan fingerprint density at radius 2 is 1.74 bits per heavy atom. The monoisotopic (exact) mass is 638 g/mol. The molecule has 252 valence electrons. The van der Waals surface area contributed by atoms with Gasteiger partial charge in [-0.3, -0.25) is 23.9 Å². The first-order chi connectivity index (χ1) is 21.9. The van der Waals surface area contributed by atoms with Gasteiger partial charge in [0, 0.05) is 57.2 Å². The van der Waals surface area contributed by atoms with Crippen molar-refractivity contribution in [2.24, 2.45) is 11.8 Å². The van der Waals surface area contributed by atoms with E-state index in [1.165, 1.54) is 6.07 Å². The fourth-order valence-electron chi connectivity index (χ4n) is 6.88. The van der Waals surface area contributed by atoms with Crippen molar-refractivity contribution in [3.05, 3.63) is 53.1 Å². The van der Waals surface area contributed by atoms with E-state index in [0.717, 1.165) is 38.8 Å². The van der Waals surface area contributed by atoms with Gasteiger partial charge < -0.3 is 20.4 Å². The molecule has 0 spiro atoms. The summed E-state index contributed by atoms with van der Waals surface area (Å²) in [4.78, 5) is 57.3. The molecule has 1 aliphatic heterocycles. The van der Waals surface area contributed by atoms with Gasteiger partial charge in [0.05, 0.1) is 6.04 Å². The second-order valence-corrected chi connectivity index (χ2v) is 13.3. The van der Waals surface area contributed by atoms with Gasteiger partial charge in [0.15, 0.2) is 5.78 Å². The molecule has 4 atom stereocenters. The third kappa shape index (κ3) is 8.40. The zero-order valence-electron chi connectivity index (χ0n) is 28.2. The van der Waals surface area contributed by atoms with Crippen LogP contribution < -0.4 is 10.6 Å². The van der Waals surface area contributed by atoms with Crippen molar-refractivity contribution in [1.29, 1.82) is 0 Å². The number of aryl methyl sites for hydroxylation is 1. The number of rotatable bonds is 12. The van der Waals surface area contributed by atoms with Gasteiger partial charge in [-0.25, -0.2) is 4.39 Å². The Morgan fingerprint density at radius 1 is 1.02 bits per heavy atom. The van der Waals surface area contributed by atoms with Gasteiger partial charge in [-0.15, -0.1) is 0 Å². The lowest BCUT2D eigenvalue weighted by Gasteiger charge is -2.41. The fraction of sp³-hybridized carbons (Fsp3) is 0.629. The molecule has 4 rings (SSSR count). The predicted molar refractivity (Wildman–Crippen MR) is 175 cm³/mol. The first-order valence-corrected chi connectivity index (χ1v) is 16.8. The normalized spacial score (nSPS) is 22.5. The van der Waals surface area contributed by atoms with Crippen LogP contribution in [0, 0.1) is 17.7 Å². The van der Waals surface area contributed by atoms with Gasteiger partial charge in [-0.1, -0.05) is 45.7 Å². The molecular formula is C35H51FN6O4. The van der Waals surface area contributed by atoms with E-state index < -0.39 is 23.8 Å². The molecule has 0 bridgehead atoms. The third-order valence-corrected chi connectivity index (χ3v) is 9.90. The topological polar surface area (TPSA) is 117 Å². The number of piperazine rings is 1. The van der Waals surface area contributed by atoms with Crippen molar-refractivity contribution in [3.8, 4) is 0 Å². The summed E-state index contributed by atoms with van der Waals surface area (Å²) in [6, 6.07) is 4.72. The smallest absolute Gasteiger partial charge is 0.270 e. The van der Waals surface area contributed by atoms with Crippen LogP contribution in [0.3, 0.4) is 0 Å². The first-order valence-electron chi connectivity index (χ1n) is 16.8. The highest BCUT2D eigenvalue weighted by Gasteiger charge is 2.36. The summed E-state index contributed by atoms with van der Waals surface area (Å²) in [5.74, 6) is -1.55. The van der Waals surface area contributed by atoms with E-state index >= 15 is 4.39 Å². The number of carbonyl (C=O) groups excluding carboxylic acids is 4. The molecule has 1 saturated carbocycles. The molecule has 11 heteroatoms. The van der Waals surface area contributed by atoms with E-state index in [4.69, 9.17) is 0 Å². The minimum atomic E-state index is -0.852. The van der Waals surface area contributed by atoms with Gasteiger partial charge in [-0.2, -0.15) is 5.10 Å².